The number of halogens is 4. The summed E-state index contributed by atoms with van der Waals surface area (Å²) in [6.07, 6.45) is 8.65. The van der Waals surface area contributed by atoms with Crippen molar-refractivity contribution >= 4 is 118 Å². The number of anilines is 3. The Morgan fingerprint density at radius 1 is 1.08 bits per heavy atom. The molecule has 0 saturated carbocycles. The average Bonchev–Trinajstić information content (AvgIpc) is 3.60. The number of aliphatic carboxylic acids is 1. The topological polar surface area (TPSA) is 268 Å². The number of amides is 1. The van der Waals surface area contributed by atoms with Gasteiger partial charge in [0.1, 0.15) is 25.0 Å². The third-order valence-electron chi connectivity index (χ3n) is 8.87. The van der Waals surface area contributed by atoms with Gasteiger partial charge in [-0.05, 0) is 118 Å². The molecule has 73 heavy (non-hydrogen) atoms. The number of carboxylic acid groups (broad SMARTS) is 1. The number of benzene rings is 2. The molecular formula is C45H69Cl3FN10O10PS3. The standard InChI is InChI=1S/C15H15ClFN3O3S2.C15H22ClNO2.C9H16ClN5.C3H8NO5P.C3H9S/c1-23-13(21)8-24-12-7-11(10(17)6-9(12)16)18-14-19-4-2-3-5-20(19)15(22)25-14;1-5-13-8-6-7-11(2)15(13)17(14(18)9-16)12(3)10-19-4;1-5-11-7-12-6(10)13-8(14-7)15-9(2,3)4;5-3(6)1-4-2-10(7,8)9;1-4(2)3/h6-7H,2-5,8H2,1H3;6-8,12H,5,9-10H2,1-4H3;5H2,1-4H3,(H2,11,12,13,14,15);4H,1-2H2,(H,5,6)(H2,7,8,9);1-3H3/q;;;;+1/p-1. The summed E-state index contributed by atoms with van der Waals surface area (Å²) < 4.78 is 37.4. The number of ether oxygens (including phenoxy) is 2. The number of fused-ring (bicyclic) bond motifs is 1. The minimum atomic E-state index is -4.35. The second-order valence-corrected chi connectivity index (χ2v) is 23.9. The highest BCUT2D eigenvalue weighted by Gasteiger charge is 2.25. The van der Waals surface area contributed by atoms with E-state index in [4.69, 9.17) is 49.5 Å². The molecule has 1 amide bonds. The molecule has 2 aromatic carbocycles. The van der Waals surface area contributed by atoms with Crippen LogP contribution in [0.2, 0.25) is 10.3 Å². The molecule has 2 atom stereocenters. The Bertz CT molecular complexity index is 2560. The van der Waals surface area contributed by atoms with Crippen molar-refractivity contribution in [2.45, 2.75) is 97.3 Å². The van der Waals surface area contributed by atoms with E-state index < -0.39 is 38.2 Å². The first-order valence-electron chi connectivity index (χ1n) is 22.5. The van der Waals surface area contributed by atoms with Gasteiger partial charge in [0.15, 0.2) is 0 Å². The summed E-state index contributed by atoms with van der Waals surface area (Å²) in [6, 6.07) is 8.69. The Morgan fingerprint density at radius 3 is 2.23 bits per heavy atom. The Kier molecular flexibility index (Phi) is 31.3. The molecule has 2 unspecified atom stereocenters. The van der Waals surface area contributed by atoms with Crippen LogP contribution in [0.3, 0.4) is 0 Å². The van der Waals surface area contributed by atoms with Crippen molar-refractivity contribution in [1.29, 1.82) is 0 Å². The molecule has 20 nitrogen and oxygen atoms in total. The van der Waals surface area contributed by atoms with E-state index in [2.05, 4.69) is 67.1 Å². The van der Waals surface area contributed by atoms with Crippen molar-refractivity contribution in [1.82, 2.24) is 29.6 Å². The number of aromatic nitrogens is 5. The number of carboxylic acids is 1. The van der Waals surface area contributed by atoms with Crippen LogP contribution in [0.1, 0.15) is 65.5 Å². The molecule has 0 saturated heterocycles. The van der Waals surface area contributed by atoms with E-state index in [0.717, 1.165) is 71.8 Å². The van der Waals surface area contributed by atoms with Crippen LogP contribution in [0.25, 0.3) is 0 Å². The molecule has 410 valence electrons. The van der Waals surface area contributed by atoms with Gasteiger partial charge in [-0.15, -0.1) is 23.4 Å². The lowest BCUT2D eigenvalue weighted by molar-refractivity contribution is -0.193. The molecule has 2 aromatic heterocycles. The lowest BCUT2D eigenvalue weighted by Crippen LogP contribution is -2.43. The Morgan fingerprint density at radius 2 is 1.70 bits per heavy atom. The molecule has 1 aliphatic heterocycles. The molecule has 28 heteroatoms. The van der Waals surface area contributed by atoms with E-state index in [1.807, 2.05) is 59.0 Å². The van der Waals surface area contributed by atoms with Crippen molar-refractivity contribution in [3.63, 3.8) is 0 Å². The predicted molar refractivity (Wildman–Crippen MR) is 293 cm³/mol. The van der Waals surface area contributed by atoms with Crippen LogP contribution in [0.4, 0.5) is 27.7 Å². The number of para-hydroxylation sites is 1. The van der Waals surface area contributed by atoms with E-state index in [1.165, 1.54) is 13.2 Å². The monoisotopic (exact) mass is 1160 g/mol. The first kappa shape index (κ1) is 67.2. The van der Waals surface area contributed by atoms with Crippen LogP contribution < -0.4 is 35.4 Å². The molecular weight excluding hydrogens is 1090 g/mol. The number of hydrogen-bond donors (Lipinski definition) is 5. The molecule has 4 aromatic rings. The highest BCUT2D eigenvalue weighted by atomic mass is 35.5. The maximum atomic E-state index is 14.3. The van der Waals surface area contributed by atoms with Gasteiger partial charge in [-0.3, -0.25) is 29.2 Å². The van der Waals surface area contributed by atoms with E-state index >= 15 is 0 Å². The Hall–Kier alpha value is -3.81. The zero-order chi connectivity index (χ0) is 55.6. The lowest BCUT2D eigenvalue weighted by atomic mass is 10.0. The largest absolute Gasteiger partial charge is 0.778 e. The summed E-state index contributed by atoms with van der Waals surface area (Å²) in [7, 11) is -0.773. The van der Waals surface area contributed by atoms with E-state index in [0.29, 0.717) is 52.2 Å². The number of hydrogen-bond acceptors (Lipinski definition) is 17. The van der Waals surface area contributed by atoms with E-state index in [-0.39, 0.29) is 50.0 Å². The highest BCUT2D eigenvalue weighted by molar-refractivity contribution is 8.00. The number of aryl methyl sites for hydroxylation is 2. The summed E-state index contributed by atoms with van der Waals surface area (Å²) in [5, 5.41) is 16.5. The van der Waals surface area contributed by atoms with Crippen molar-refractivity contribution < 1.29 is 47.7 Å². The minimum absolute atomic E-state index is 0.0223. The normalized spacial score (nSPS) is 13.2. The van der Waals surface area contributed by atoms with Gasteiger partial charge < -0.3 is 44.5 Å². The number of carbonyl (C=O) groups excluding carboxylic acids is 2. The molecule has 5 N–H and O–H groups in total. The average molecular weight is 1160 g/mol. The van der Waals surface area contributed by atoms with Crippen LogP contribution >= 0.6 is 65.5 Å². The first-order valence-corrected chi connectivity index (χ1v) is 29.8. The van der Waals surface area contributed by atoms with Gasteiger partial charge in [0, 0.05) is 37.2 Å². The Labute approximate surface area is 452 Å². The number of nitrogens with one attached hydrogen (secondary N) is 3. The number of esters is 1. The van der Waals surface area contributed by atoms with E-state index in [9.17, 15) is 33.0 Å². The lowest BCUT2D eigenvalue weighted by Gasteiger charge is -2.31. The van der Waals surface area contributed by atoms with Gasteiger partial charge in [0.2, 0.25) is 27.9 Å². The van der Waals surface area contributed by atoms with Gasteiger partial charge in [0.25, 0.3) is 0 Å². The van der Waals surface area contributed by atoms with Crippen molar-refractivity contribution in [3.8, 4) is 0 Å². The highest BCUT2D eigenvalue weighted by Crippen LogP contribution is 2.33. The van der Waals surface area contributed by atoms with Gasteiger partial charge in [-0.25, -0.2) is 14.1 Å². The second kappa shape index (κ2) is 34.0. The van der Waals surface area contributed by atoms with Gasteiger partial charge >= 0.3 is 16.8 Å². The molecule has 0 bridgehead atoms. The van der Waals surface area contributed by atoms with Gasteiger partial charge in [-0.1, -0.05) is 36.7 Å². The molecule has 0 fully saturated rings. The van der Waals surface area contributed by atoms with Gasteiger partial charge in [0.05, 0.1) is 67.8 Å². The summed E-state index contributed by atoms with van der Waals surface area (Å²) in [4.78, 5) is 82.3. The zero-order valence-electron chi connectivity index (χ0n) is 43.2. The second-order valence-electron chi connectivity index (χ2n) is 17.0. The fraction of sp³-hybridized carbons (Fsp3) is 0.556. The van der Waals surface area contributed by atoms with Crippen LogP contribution in [-0.4, -0.2) is 134 Å². The quantitative estimate of drug-likeness (QED) is 0.0240. The smallest absolute Gasteiger partial charge is 0.325 e. The third kappa shape index (κ3) is 26.5. The molecule has 0 aliphatic carbocycles. The summed E-state index contributed by atoms with van der Waals surface area (Å²) in [5.41, 5.74) is 3.19. The molecule has 0 radical (unpaired) electrons. The van der Waals surface area contributed by atoms with Gasteiger partial charge in [-0.2, -0.15) is 15.0 Å². The third-order valence-corrected chi connectivity index (χ3v) is 12.2. The molecule has 5 rings (SSSR count). The SMILES string of the molecule is CCNc1nc(Cl)nc(NC(C)(C)C)n1.CCc1cccc(C)c1N(C(=O)CCl)C(C)COC.COC(=O)CSc1cc(N=c2sc(=O)n3n2CCCC3)c(F)cc1Cl.C[S+](C)C.O=C(O)CNCP(=O)([O-])O. The number of thioether (sulfide) groups is 1. The Balaban J connectivity index is 0.000000496. The number of nitrogens with zero attached hydrogens (tertiary/aromatic N) is 7. The van der Waals surface area contributed by atoms with Crippen LogP contribution in [-0.2, 0) is 58.8 Å². The minimum Gasteiger partial charge on any atom is -0.778 e. The van der Waals surface area contributed by atoms with Crippen LogP contribution in [0, 0.1) is 12.7 Å². The van der Waals surface area contributed by atoms with Crippen LogP contribution in [0.5, 0.6) is 0 Å². The summed E-state index contributed by atoms with van der Waals surface area (Å²) in [6.45, 7) is 16.2. The number of methoxy groups -OCH3 is 2. The van der Waals surface area contributed by atoms with Crippen molar-refractivity contribution in [2.75, 3.05) is 86.1 Å². The maximum absolute atomic E-state index is 14.3. The predicted octanol–water partition coefficient (Wildman–Crippen LogP) is 6.78. The number of alkyl halides is 1. The zero-order valence-corrected chi connectivity index (χ0v) is 48.8. The number of carbonyl (C=O) groups is 3. The number of rotatable bonds is 17. The van der Waals surface area contributed by atoms with Crippen molar-refractivity contribution in [3.05, 3.63) is 72.1 Å². The molecule has 0 spiro atoms. The fourth-order valence-electron chi connectivity index (χ4n) is 6.03. The fourth-order valence-corrected chi connectivity index (χ4v) is 8.70. The maximum Gasteiger partial charge on any atom is 0.325 e. The van der Waals surface area contributed by atoms with Crippen molar-refractivity contribution in [2.24, 2.45) is 4.99 Å². The summed E-state index contributed by atoms with van der Waals surface area (Å²) in [5.74, 6) is -1.23. The summed E-state index contributed by atoms with van der Waals surface area (Å²) >= 11 is 19.7. The molecule has 1 aliphatic rings. The molecule has 3 heterocycles. The van der Waals surface area contributed by atoms with Crippen LogP contribution in [0.15, 0.2) is 45.0 Å². The first-order chi connectivity index (χ1) is 34.1. The van der Waals surface area contributed by atoms with E-state index in [1.54, 1.807) is 21.4 Å².